The summed E-state index contributed by atoms with van der Waals surface area (Å²) in [4.78, 5) is 2.30. The van der Waals surface area contributed by atoms with Gasteiger partial charge in [0.2, 0.25) is 0 Å². The number of nitrogens with zero attached hydrogens (tertiary/aromatic N) is 1. The third kappa shape index (κ3) is 1.43. The maximum atomic E-state index is 5.33. The maximum Gasteiger partial charge on any atom is 0.130 e. The summed E-state index contributed by atoms with van der Waals surface area (Å²) in [6.45, 7) is 2.16. The van der Waals surface area contributed by atoms with Crippen LogP contribution < -0.4 is 0 Å². The van der Waals surface area contributed by atoms with Gasteiger partial charge in [0, 0.05) is 18.7 Å². The average molecular weight is 163 g/mol. The van der Waals surface area contributed by atoms with Crippen molar-refractivity contribution in [3.05, 3.63) is 30.2 Å². The molecule has 0 atom stereocenters. The normalized spacial score (nSPS) is 19.2. The highest BCUT2D eigenvalue weighted by molar-refractivity contribution is 5.63. The Balaban J connectivity index is 2.19. The first-order valence-corrected chi connectivity index (χ1v) is 4.28. The molecule has 0 bridgehead atoms. The smallest absolute Gasteiger partial charge is 0.130 e. The van der Waals surface area contributed by atoms with Crippen LogP contribution in [0.5, 0.6) is 0 Å². The van der Waals surface area contributed by atoms with Crippen LogP contribution in [0.15, 0.2) is 28.9 Å². The largest absolute Gasteiger partial charge is 0.465 e. The summed E-state index contributed by atoms with van der Waals surface area (Å²) >= 11 is 0. The summed E-state index contributed by atoms with van der Waals surface area (Å²) in [7, 11) is 2.13. The van der Waals surface area contributed by atoms with E-state index >= 15 is 0 Å². The van der Waals surface area contributed by atoms with Crippen LogP contribution in [0, 0.1) is 0 Å². The van der Waals surface area contributed by atoms with Crippen LogP contribution in [0.1, 0.15) is 12.2 Å². The molecule has 1 aliphatic heterocycles. The highest BCUT2D eigenvalue weighted by atomic mass is 16.3. The van der Waals surface area contributed by atoms with E-state index in [0.29, 0.717) is 0 Å². The zero-order chi connectivity index (χ0) is 8.39. The minimum atomic E-state index is 1.01. The summed E-state index contributed by atoms with van der Waals surface area (Å²) in [5.74, 6) is 1.02. The molecule has 0 fully saturated rings. The zero-order valence-electron chi connectivity index (χ0n) is 7.29. The summed E-state index contributed by atoms with van der Waals surface area (Å²) in [6.07, 6.45) is 5.12. The van der Waals surface area contributed by atoms with Crippen molar-refractivity contribution in [1.82, 2.24) is 4.90 Å². The first kappa shape index (κ1) is 7.62. The van der Waals surface area contributed by atoms with Crippen molar-refractivity contribution in [1.29, 1.82) is 0 Å². The molecule has 0 saturated heterocycles. The van der Waals surface area contributed by atoms with Crippen LogP contribution >= 0.6 is 0 Å². The number of rotatable bonds is 1. The van der Waals surface area contributed by atoms with Gasteiger partial charge in [-0.1, -0.05) is 6.08 Å². The Morgan fingerprint density at radius 3 is 3.08 bits per heavy atom. The van der Waals surface area contributed by atoms with Gasteiger partial charge in [0.25, 0.3) is 0 Å². The molecule has 1 aromatic rings. The van der Waals surface area contributed by atoms with Gasteiger partial charge in [0.05, 0.1) is 6.26 Å². The Hall–Kier alpha value is -1.02. The fraction of sp³-hybridized carbons (Fsp3) is 0.400. The molecule has 0 amide bonds. The van der Waals surface area contributed by atoms with Crippen molar-refractivity contribution >= 4 is 5.57 Å². The van der Waals surface area contributed by atoms with Gasteiger partial charge >= 0.3 is 0 Å². The molecule has 0 saturated carbocycles. The summed E-state index contributed by atoms with van der Waals surface area (Å²) in [5, 5.41) is 0. The Labute approximate surface area is 72.5 Å². The van der Waals surface area contributed by atoms with E-state index in [0.717, 1.165) is 25.3 Å². The highest BCUT2D eigenvalue weighted by Gasteiger charge is 2.11. The fourth-order valence-corrected chi connectivity index (χ4v) is 1.53. The fourth-order valence-electron chi connectivity index (χ4n) is 1.53. The summed E-state index contributed by atoms with van der Waals surface area (Å²) < 4.78 is 5.33. The van der Waals surface area contributed by atoms with Gasteiger partial charge in [-0.25, -0.2) is 0 Å². The van der Waals surface area contributed by atoms with Crippen LogP contribution in [0.3, 0.4) is 0 Å². The van der Waals surface area contributed by atoms with E-state index in [9.17, 15) is 0 Å². The highest BCUT2D eigenvalue weighted by Crippen LogP contribution is 2.19. The standard InChI is InChI=1S/C10H13NO/c1-11-6-2-4-9(8-11)10-5-3-7-12-10/h3-5,7H,2,6,8H2,1H3. The lowest BCUT2D eigenvalue weighted by Gasteiger charge is -2.21. The Morgan fingerprint density at radius 2 is 2.42 bits per heavy atom. The molecule has 0 radical (unpaired) electrons. The minimum absolute atomic E-state index is 1.01. The maximum absolute atomic E-state index is 5.33. The van der Waals surface area contributed by atoms with Crippen LogP contribution in [0.25, 0.3) is 5.57 Å². The number of likely N-dealkylation sites (N-methyl/N-ethyl adjacent to an activating group) is 1. The molecule has 2 heterocycles. The summed E-state index contributed by atoms with van der Waals surface area (Å²) in [6, 6.07) is 3.95. The molecule has 2 heteroatoms. The lowest BCUT2D eigenvalue weighted by Crippen LogP contribution is -2.24. The van der Waals surface area contributed by atoms with E-state index in [1.54, 1.807) is 6.26 Å². The van der Waals surface area contributed by atoms with Gasteiger partial charge in [0.15, 0.2) is 0 Å². The van der Waals surface area contributed by atoms with Crippen LogP contribution in [-0.4, -0.2) is 25.0 Å². The number of hydrogen-bond acceptors (Lipinski definition) is 2. The van der Waals surface area contributed by atoms with E-state index in [4.69, 9.17) is 4.42 Å². The van der Waals surface area contributed by atoms with Crippen molar-refractivity contribution in [2.24, 2.45) is 0 Å². The van der Waals surface area contributed by atoms with Crippen molar-refractivity contribution in [3.8, 4) is 0 Å². The second-order valence-corrected chi connectivity index (χ2v) is 3.23. The minimum Gasteiger partial charge on any atom is -0.465 e. The van der Waals surface area contributed by atoms with Crippen molar-refractivity contribution < 1.29 is 4.42 Å². The van der Waals surface area contributed by atoms with Gasteiger partial charge in [-0.2, -0.15) is 0 Å². The Bertz CT molecular complexity index is 274. The topological polar surface area (TPSA) is 16.4 Å². The third-order valence-corrected chi connectivity index (χ3v) is 2.18. The van der Waals surface area contributed by atoms with Gasteiger partial charge in [-0.05, 0) is 25.6 Å². The van der Waals surface area contributed by atoms with E-state index in [1.165, 1.54) is 5.57 Å². The first-order chi connectivity index (χ1) is 5.86. The third-order valence-electron chi connectivity index (χ3n) is 2.18. The quantitative estimate of drug-likeness (QED) is 0.629. The van der Waals surface area contributed by atoms with Crippen LogP contribution in [0.2, 0.25) is 0 Å². The lowest BCUT2D eigenvalue weighted by molar-refractivity contribution is 0.368. The molecular formula is C10H13NO. The first-order valence-electron chi connectivity index (χ1n) is 4.28. The van der Waals surface area contributed by atoms with Crippen molar-refractivity contribution in [2.45, 2.75) is 6.42 Å². The predicted molar refractivity (Wildman–Crippen MR) is 48.8 cm³/mol. The SMILES string of the molecule is CN1CCC=C(c2ccco2)C1. The van der Waals surface area contributed by atoms with E-state index < -0.39 is 0 Å². The molecule has 2 rings (SSSR count). The molecule has 1 aromatic heterocycles. The van der Waals surface area contributed by atoms with Crippen molar-refractivity contribution in [3.63, 3.8) is 0 Å². The monoisotopic (exact) mass is 163 g/mol. The molecule has 0 aliphatic carbocycles. The van der Waals surface area contributed by atoms with Gasteiger partial charge in [-0.3, -0.25) is 0 Å². The molecular weight excluding hydrogens is 150 g/mol. The molecule has 2 nitrogen and oxygen atoms in total. The number of furan rings is 1. The zero-order valence-corrected chi connectivity index (χ0v) is 7.29. The molecule has 64 valence electrons. The predicted octanol–water partition coefficient (Wildman–Crippen LogP) is 2.00. The second kappa shape index (κ2) is 3.15. The van der Waals surface area contributed by atoms with E-state index in [-0.39, 0.29) is 0 Å². The van der Waals surface area contributed by atoms with E-state index in [1.807, 2.05) is 12.1 Å². The lowest BCUT2D eigenvalue weighted by atomic mass is 10.1. The van der Waals surface area contributed by atoms with Gasteiger partial charge in [-0.15, -0.1) is 0 Å². The molecule has 12 heavy (non-hydrogen) atoms. The van der Waals surface area contributed by atoms with Gasteiger partial charge < -0.3 is 9.32 Å². The summed E-state index contributed by atoms with van der Waals surface area (Å²) in [5.41, 5.74) is 1.31. The molecule has 0 spiro atoms. The molecule has 0 unspecified atom stereocenters. The van der Waals surface area contributed by atoms with Crippen molar-refractivity contribution in [2.75, 3.05) is 20.1 Å². The molecule has 0 aromatic carbocycles. The molecule has 0 N–H and O–H groups in total. The average Bonchev–Trinajstić information content (AvgIpc) is 2.56. The Morgan fingerprint density at radius 1 is 1.50 bits per heavy atom. The van der Waals surface area contributed by atoms with Crippen LogP contribution in [0.4, 0.5) is 0 Å². The second-order valence-electron chi connectivity index (χ2n) is 3.23. The Kier molecular flexibility index (Phi) is 2.00. The number of hydrogen-bond donors (Lipinski definition) is 0. The van der Waals surface area contributed by atoms with Crippen LogP contribution in [-0.2, 0) is 0 Å². The van der Waals surface area contributed by atoms with Gasteiger partial charge in [0.1, 0.15) is 5.76 Å². The molecule has 1 aliphatic rings. The van der Waals surface area contributed by atoms with E-state index in [2.05, 4.69) is 18.0 Å².